The van der Waals surface area contributed by atoms with Crippen LogP contribution in [0.2, 0.25) is 0 Å². The number of anilines is 1. The van der Waals surface area contributed by atoms with E-state index in [1.165, 1.54) is 5.56 Å². The highest BCUT2D eigenvalue weighted by atomic mass is 16.5. The summed E-state index contributed by atoms with van der Waals surface area (Å²) < 4.78 is 7.87. The van der Waals surface area contributed by atoms with Crippen molar-refractivity contribution in [3.8, 4) is 0 Å². The first-order chi connectivity index (χ1) is 12.0. The predicted molar refractivity (Wildman–Crippen MR) is 99.4 cm³/mol. The van der Waals surface area contributed by atoms with Crippen LogP contribution in [0.25, 0.3) is 16.7 Å². The van der Waals surface area contributed by atoms with Crippen molar-refractivity contribution in [3.05, 3.63) is 29.1 Å². The Kier molecular flexibility index (Phi) is 3.87. The number of pyridine rings is 1. The fourth-order valence-electron chi connectivity index (χ4n) is 3.83. The Morgan fingerprint density at radius 1 is 1.12 bits per heavy atom. The third kappa shape index (κ3) is 2.74. The molecule has 6 nitrogen and oxygen atoms in total. The summed E-state index contributed by atoms with van der Waals surface area (Å²) in [6, 6.07) is 4.26. The molecular weight excluding hydrogens is 314 g/mol. The molecular formula is C19H25N5O. The average Bonchev–Trinajstić information content (AvgIpc) is 2.90. The molecule has 6 heteroatoms. The second-order valence-electron chi connectivity index (χ2n) is 7.14. The molecule has 4 heterocycles. The highest BCUT2D eigenvalue weighted by molar-refractivity contribution is 5.93. The van der Waals surface area contributed by atoms with Crippen LogP contribution in [0.1, 0.15) is 37.7 Å². The number of aromatic nitrogens is 4. The maximum absolute atomic E-state index is 5.90. The lowest BCUT2D eigenvalue weighted by molar-refractivity contribution is -0.00557. The molecule has 0 aromatic carbocycles. The van der Waals surface area contributed by atoms with Gasteiger partial charge in [0, 0.05) is 30.5 Å². The molecule has 1 aliphatic heterocycles. The predicted octanol–water partition coefficient (Wildman–Crippen LogP) is 3.07. The van der Waals surface area contributed by atoms with Crippen LogP contribution >= 0.6 is 0 Å². The van der Waals surface area contributed by atoms with Crippen molar-refractivity contribution in [2.75, 3.05) is 18.0 Å². The maximum Gasteiger partial charge on any atom is 0.184 e. The molecule has 1 aliphatic rings. The number of morpholine rings is 1. The van der Waals surface area contributed by atoms with Crippen molar-refractivity contribution in [1.82, 2.24) is 19.6 Å². The minimum atomic E-state index is 0.198. The third-order valence-corrected chi connectivity index (χ3v) is 4.81. The third-order valence-electron chi connectivity index (χ3n) is 4.81. The lowest BCUT2D eigenvalue weighted by atomic mass is 10.2. The van der Waals surface area contributed by atoms with Crippen LogP contribution in [-0.2, 0) is 11.2 Å². The number of hydrogen-bond donors (Lipinski definition) is 0. The maximum atomic E-state index is 5.90. The van der Waals surface area contributed by atoms with E-state index in [1.807, 2.05) is 11.4 Å². The van der Waals surface area contributed by atoms with Gasteiger partial charge in [0.05, 0.1) is 17.6 Å². The van der Waals surface area contributed by atoms with E-state index < -0.39 is 0 Å². The summed E-state index contributed by atoms with van der Waals surface area (Å²) in [6.07, 6.45) is 1.29. The van der Waals surface area contributed by atoms with E-state index in [9.17, 15) is 0 Å². The van der Waals surface area contributed by atoms with Crippen molar-refractivity contribution in [2.24, 2.45) is 0 Å². The molecule has 1 fully saturated rings. The molecule has 0 aliphatic carbocycles. The summed E-state index contributed by atoms with van der Waals surface area (Å²) in [5.74, 6) is 1.08. The minimum Gasteiger partial charge on any atom is -0.372 e. The SMILES string of the molecule is CCc1cc(N2C[C@H](C)O[C@@H](C)C2)n2nc3nc(C)cc(C)c3c2n1. The second-order valence-corrected chi connectivity index (χ2v) is 7.14. The molecule has 3 aromatic heterocycles. The van der Waals surface area contributed by atoms with Crippen molar-refractivity contribution >= 4 is 22.5 Å². The largest absolute Gasteiger partial charge is 0.372 e. The average molecular weight is 339 g/mol. The van der Waals surface area contributed by atoms with Crippen molar-refractivity contribution < 1.29 is 4.74 Å². The molecule has 1 saturated heterocycles. The van der Waals surface area contributed by atoms with E-state index in [1.54, 1.807) is 0 Å². The van der Waals surface area contributed by atoms with Crippen molar-refractivity contribution in [2.45, 2.75) is 53.2 Å². The molecule has 0 radical (unpaired) electrons. The van der Waals surface area contributed by atoms with Gasteiger partial charge in [0.2, 0.25) is 0 Å². The van der Waals surface area contributed by atoms with Gasteiger partial charge in [-0.1, -0.05) is 6.92 Å². The first-order valence-electron chi connectivity index (χ1n) is 9.03. The zero-order valence-corrected chi connectivity index (χ0v) is 15.6. The number of hydrogen-bond acceptors (Lipinski definition) is 5. The van der Waals surface area contributed by atoms with Gasteiger partial charge < -0.3 is 9.64 Å². The van der Waals surface area contributed by atoms with E-state index in [2.05, 4.69) is 49.7 Å². The number of nitrogens with zero attached hydrogens (tertiary/aromatic N) is 5. The van der Waals surface area contributed by atoms with Crippen molar-refractivity contribution in [1.29, 1.82) is 0 Å². The van der Waals surface area contributed by atoms with Gasteiger partial charge >= 0.3 is 0 Å². The summed E-state index contributed by atoms with van der Waals surface area (Å²) >= 11 is 0. The smallest absolute Gasteiger partial charge is 0.184 e. The molecule has 0 bridgehead atoms. The topological polar surface area (TPSA) is 55.6 Å². The van der Waals surface area contributed by atoms with Gasteiger partial charge in [-0.2, -0.15) is 4.52 Å². The first kappa shape index (κ1) is 16.3. The molecule has 0 unspecified atom stereocenters. The number of rotatable bonds is 2. The van der Waals surface area contributed by atoms with Gasteiger partial charge in [-0.3, -0.25) is 0 Å². The Hall–Kier alpha value is -2.21. The van der Waals surface area contributed by atoms with Gasteiger partial charge in [0.1, 0.15) is 5.82 Å². The zero-order valence-electron chi connectivity index (χ0n) is 15.6. The quantitative estimate of drug-likeness (QED) is 0.718. The van der Waals surface area contributed by atoms with Gasteiger partial charge in [-0.25, -0.2) is 9.97 Å². The highest BCUT2D eigenvalue weighted by Crippen LogP contribution is 2.28. The van der Waals surface area contributed by atoms with Crippen LogP contribution in [0.5, 0.6) is 0 Å². The van der Waals surface area contributed by atoms with Crippen LogP contribution in [-0.4, -0.2) is 44.9 Å². The number of fused-ring (bicyclic) bond motifs is 3. The normalized spacial score (nSPS) is 21.4. The number of aryl methyl sites for hydroxylation is 3. The lowest BCUT2D eigenvalue weighted by Gasteiger charge is -2.36. The van der Waals surface area contributed by atoms with E-state index in [4.69, 9.17) is 14.8 Å². The van der Waals surface area contributed by atoms with Gasteiger partial charge in [-0.05, 0) is 45.7 Å². The molecule has 0 amide bonds. The van der Waals surface area contributed by atoms with Crippen LogP contribution in [0.15, 0.2) is 12.1 Å². The van der Waals surface area contributed by atoms with Crippen LogP contribution in [0, 0.1) is 13.8 Å². The molecule has 0 N–H and O–H groups in total. The van der Waals surface area contributed by atoms with E-state index in [0.717, 1.165) is 53.4 Å². The molecule has 3 aromatic rings. The highest BCUT2D eigenvalue weighted by Gasteiger charge is 2.26. The fourth-order valence-corrected chi connectivity index (χ4v) is 3.83. The molecule has 25 heavy (non-hydrogen) atoms. The van der Waals surface area contributed by atoms with Gasteiger partial charge in [0.25, 0.3) is 0 Å². The summed E-state index contributed by atoms with van der Waals surface area (Å²) in [4.78, 5) is 11.9. The summed E-state index contributed by atoms with van der Waals surface area (Å²) in [5.41, 5.74) is 4.92. The molecule has 2 atom stereocenters. The first-order valence-corrected chi connectivity index (χ1v) is 9.03. The van der Waals surface area contributed by atoms with Crippen LogP contribution in [0.4, 0.5) is 5.82 Å². The summed E-state index contributed by atoms with van der Waals surface area (Å²) in [6.45, 7) is 12.2. The summed E-state index contributed by atoms with van der Waals surface area (Å²) in [7, 11) is 0. The Labute approximate surface area is 147 Å². The molecule has 4 rings (SSSR count). The Morgan fingerprint density at radius 2 is 1.84 bits per heavy atom. The Bertz CT molecular complexity index is 938. The minimum absolute atomic E-state index is 0.198. The zero-order chi connectivity index (χ0) is 17.7. The standard InChI is InChI=1S/C19H25N5O/c1-6-15-8-16(23-9-13(4)25-14(5)10-23)24-19(21-15)17-11(2)7-12(3)20-18(17)22-24/h7-8,13-14H,6,9-10H2,1-5H3/t13-,14-/m0/s1. The van der Waals surface area contributed by atoms with Gasteiger partial charge in [0.15, 0.2) is 11.3 Å². The lowest BCUT2D eigenvalue weighted by Crippen LogP contribution is -2.46. The molecule has 0 spiro atoms. The van der Waals surface area contributed by atoms with E-state index in [-0.39, 0.29) is 12.2 Å². The second kappa shape index (κ2) is 5.95. The summed E-state index contributed by atoms with van der Waals surface area (Å²) in [5, 5.41) is 5.85. The Balaban J connectivity index is 1.98. The fraction of sp³-hybridized carbons (Fsp3) is 0.526. The van der Waals surface area contributed by atoms with Crippen LogP contribution in [0.3, 0.4) is 0 Å². The monoisotopic (exact) mass is 339 g/mol. The van der Waals surface area contributed by atoms with Gasteiger partial charge in [-0.15, -0.1) is 5.10 Å². The van der Waals surface area contributed by atoms with Crippen molar-refractivity contribution in [3.63, 3.8) is 0 Å². The van der Waals surface area contributed by atoms with E-state index in [0.29, 0.717) is 0 Å². The van der Waals surface area contributed by atoms with E-state index >= 15 is 0 Å². The molecule has 132 valence electrons. The number of ether oxygens (including phenoxy) is 1. The van der Waals surface area contributed by atoms with Crippen LogP contribution < -0.4 is 4.90 Å². The Morgan fingerprint density at radius 3 is 2.52 bits per heavy atom. The molecule has 0 saturated carbocycles.